The minimum absolute atomic E-state index is 0.0360. The van der Waals surface area contributed by atoms with Crippen molar-refractivity contribution in [2.45, 2.75) is 36.4 Å². The number of rotatable bonds is 9. The molecular weight excluding hydrogens is 380 g/mol. The Kier molecular flexibility index (Phi) is 7.53. The predicted molar refractivity (Wildman–Crippen MR) is 111 cm³/mol. The summed E-state index contributed by atoms with van der Waals surface area (Å²) in [5, 5.41) is 15.1. The molecule has 6 nitrogen and oxygen atoms in total. The number of anilines is 2. The van der Waals surface area contributed by atoms with Crippen LogP contribution in [0.3, 0.4) is 0 Å². The van der Waals surface area contributed by atoms with Gasteiger partial charge in [0, 0.05) is 18.3 Å². The van der Waals surface area contributed by atoms with Crippen molar-refractivity contribution in [3.8, 4) is 5.75 Å². The molecule has 1 aliphatic rings. The first kappa shape index (κ1) is 19.7. The molecule has 2 N–H and O–H groups in total. The number of amides is 1. The molecule has 0 unspecified atom stereocenters. The Labute approximate surface area is 167 Å². The number of hydrogen-bond acceptors (Lipinski definition) is 7. The van der Waals surface area contributed by atoms with Crippen molar-refractivity contribution in [1.29, 1.82) is 0 Å². The maximum absolute atomic E-state index is 12.0. The molecule has 1 aromatic heterocycles. The molecule has 8 heteroatoms. The number of nitrogens with one attached hydrogen (secondary N) is 2. The molecule has 0 radical (unpaired) electrons. The lowest BCUT2D eigenvalue weighted by Gasteiger charge is -2.12. The fraction of sp³-hybridized carbons (Fsp3) is 0.421. The molecule has 1 aromatic carbocycles. The maximum Gasteiger partial charge on any atom is 0.230 e. The van der Waals surface area contributed by atoms with Gasteiger partial charge in [0.05, 0.1) is 12.9 Å². The van der Waals surface area contributed by atoms with Crippen molar-refractivity contribution < 1.29 is 9.53 Å². The minimum atomic E-state index is 0.0360. The van der Waals surface area contributed by atoms with Crippen LogP contribution in [0.4, 0.5) is 10.8 Å². The molecule has 0 saturated heterocycles. The lowest BCUT2D eigenvalue weighted by atomic mass is 9.97. The van der Waals surface area contributed by atoms with Crippen molar-refractivity contribution in [3.63, 3.8) is 0 Å². The summed E-state index contributed by atoms with van der Waals surface area (Å²) in [6.07, 6.45) is 8.22. The summed E-state index contributed by atoms with van der Waals surface area (Å²) in [6.45, 7) is 0.712. The molecule has 1 amide bonds. The zero-order valence-corrected chi connectivity index (χ0v) is 17.0. The van der Waals surface area contributed by atoms with Crippen molar-refractivity contribution in [1.82, 2.24) is 15.5 Å². The lowest BCUT2D eigenvalue weighted by Crippen LogP contribution is -2.26. The molecule has 0 bridgehead atoms. The number of carbonyl (C=O) groups excluding carboxylic acids is 1. The van der Waals surface area contributed by atoms with Gasteiger partial charge in [-0.25, -0.2) is 0 Å². The molecule has 0 spiro atoms. The Morgan fingerprint density at radius 2 is 2.26 bits per heavy atom. The van der Waals surface area contributed by atoms with E-state index in [1.165, 1.54) is 54.4 Å². The van der Waals surface area contributed by atoms with E-state index in [9.17, 15) is 4.79 Å². The second-order valence-corrected chi connectivity index (χ2v) is 8.43. The Bertz CT molecular complexity index is 792. The zero-order chi connectivity index (χ0) is 18.9. The predicted octanol–water partition coefficient (Wildman–Crippen LogP) is 4.39. The minimum Gasteiger partial charge on any atom is -0.497 e. The molecule has 2 aromatic rings. The van der Waals surface area contributed by atoms with Gasteiger partial charge in [0.2, 0.25) is 11.0 Å². The third-order valence-electron chi connectivity index (χ3n) is 4.21. The average molecular weight is 405 g/mol. The van der Waals surface area contributed by atoms with E-state index >= 15 is 0 Å². The number of hydrogen-bond donors (Lipinski definition) is 2. The Hall–Kier alpha value is -2.06. The summed E-state index contributed by atoms with van der Waals surface area (Å²) in [6, 6.07) is 7.62. The highest BCUT2D eigenvalue weighted by atomic mass is 32.2. The highest BCUT2D eigenvalue weighted by Crippen LogP contribution is 2.28. The van der Waals surface area contributed by atoms with Crippen LogP contribution in [0.2, 0.25) is 0 Å². The molecule has 0 atom stereocenters. The van der Waals surface area contributed by atoms with Gasteiger partial charge < -0.3 is 15.4 Å². The summed E-state index contributed by atoms with van der Waals surface area (Å²) in [4.78, 5) is 12.0. The monoisotopic (exact) mass is 404 g/mol. The Morgan fingerprint density at radius 1 is 1.33 bits per heavy atom. The lowest BCUT2D eigenvalue weighted by molar-refractivity contribution is -0.118. The number of allylic oxidation sites excluding steroid dienone is 1. The van der Waals surface area contributed by atoms with Crippen molar-refractivity contribution >= 4 is 39.8 Å². The summed E-state index contributed by atoms with van der Waals surface area (Å²) in [7, 11) is 1.63. The first-order chi connectivity index (χ1) is 13.2. The summed E-state index contributed by atoms with van der Waals surface area (Å²) in [5.74, 6) is 1.17. The molecule has 1 aliphatic carbocycles. The topological polar surface area (TPSA) is 76.1 Å². The van der Waals surface area contributed by atoms with Gasteiger partial charge in [-0.2, -0.15) is 0 Å². The molecule has 27 heavy (non-hydrogen) atoms. The second kappa shape index (κ2) is 10.3. The van der Waals surface area contributed by atoms with Crippen LogP contribution in [0, 0.1) is 0 Å². The van der Waals surface area contributed by atoms with E-state index in [-0.39, 0.29) is 5.91 Å². The second-order valence-electron chi connectivity index (χ2n) is 6.23. The molecule has 0 fully saturated rings. The van der Waals surface area contributed by atoms with Crippen LogP contribution < -0.4 is 15.4 Å². The first-order valence-corrected chi connectivity index (χ1v) is 10.8. The van der Waals surface area contributed by atoms with Gasteiger partial charge in [0.1, 0.15) is 5.75 Å². The van der Waals surface area contributed by atoms with Gasteiger partial charge in [-0.15, -0.1) is 10.2 Å². The van der Waals surface area contributed by atoms with Crippen LogP contribution in [0.15, 0.2) is 40.3 Å². The zero-order valence-electron chi connectivity index (χ0n) is 15.4. The number of aromatic nitrogens is 2. The van der Waals surface area contributed by atoms with E-state index < -0.39 is 0 Å². The van der Waals surface area contributed by atoms with Crippen molar-refractivity contribution in [2.24, 2.45) is 0 Å². The third kappa shape index (κ3) is 6.55. The molecule has 0 aliphatic heterocycles. The van der Waals surface area contributed by atoms with Crippen LogP contribution in [0.25, 0.3) is 0 Å². The summed E-state index contributed by atoms with van der Waals surface area (Å²) >= 11 is 2.84. The van der Waals surface area contributed by atoms with E-state index in [1.807, 2.05) is 24.3 Å². The standard InChI is InChI=1S/C19H24N4O2S2/c1-25-16-9-5-8-15(12-16)21-18-22-23-19(27-18)26-13-17(24)20-11-10-14-6-3-2-4-7-14/h5-6,8-9,12H,2-4,7,10-11,13H2,1H3,(H,20,24)(H,21,22). The Balaban J connectivity index is 1.39. The Morgan fingerprint density at radius 3 is 3.07 bits per heavy atom. The van der Waals surface area contributed by atoms with Crippen molar-refractivity contribution in [3.05, 3.63) is 35.9 Å². The fourth-order valence-electron chi connectivity index (χ4n) is 2.82. The maximum atomic E-state index is 12.0. The van der Waals surface area contributed by atoms with Gasteiger partial charge in [-0.05, 0) is 44.2 Å². The number of benzene rings is 1. The summed E-state index contributed by atoms with van der Waals surface area (Å²) < 4.78 is 5.98. The molecule has 144 valence electrons. The van der Waals surface area contributed by atoms with Crippen LogP contribution >= 0.6 is 23.1 Å². The largest absolute Gasteiger partial charge is 0.497 e. The fourth-order valence-corrected chi connectivity index (χ4v) is 4.42. The highest BCUT2D eigenvalue weighted by molar-refractivity contribution is 8.01. The highest BCUT2D eigenvalue weighted by Gasteiger charge is 2.09. The summed E-state index contributed by atoms with van der Waals surface area (Å²) in [5.41, 5.74) is 2.36. The van der Waals surface area contributed by atoms with E-state index in [4.69, 9.17) is 4.74 Å². The van der Waals surface area contributed by atoms with E-state index in [2.05, 4.69) is 26.9 Å². The first-order valence-electron chi connectivity index (χ1n) is 9.05. The van der Waals surface area contributed by atoms with Gasteiger partial charge in [0.25, 0.3) is 0 Å². The molecular formula is C19H24N4O2S2. The SMILES string of the molecule is COc1cccc(Nc2nnc(SCC(=O)NCCC3=CCCCC3)s2)c1. The number of carbonyl (C=O) groups is 1. The van der Waals surface area contributed by atoms with Gasteiger partial charge in [0.15, 0.2) is 4.34 Å². The normalized spacial score (nSPS) is 13.7. The molecule has 0 saturated carbocycles. The van der Waals surface area contributed by atoms with Crippen LogP contribution in [-0.2, 0) is 4.79 Å². The van der Waals surface area contributed by atoms with E-state index in [1.54, 1.807) is 7.11 Å². The number of methoxy groups -OCH3 is 1. The molecule has 1 heterocycles. The van der Waals surface area contributed by atoms with E-state index in [0.29, 0.717) is 17.4 Å². The van der Waals surface area contributed by atoms with E-state index in [0.717, 1.165) is 22.2 Å². The van der Waals surface area contributed by atoms with Crippen LogP contribution in [0.5, 0.6) is 5.75 Å². The van der Waals surface area contributed by atoms with Crippen LogP contribution in [-0.4, -0.2) is 35.5 Å². The number of nitrogens with zero attached hydrogens (tertiary/aromatic N) is 2. The quantitative estimate of drug-likeness (QED) is 0.477. The number of thioether (sulfide) groups is 1. The van der Waals surface area contributed by atoms with Gasteiger partial charge >= 0.3 is 0 Å². The third-order valence-corrected chi connectivity index (χ3v) is 6.18. The smallest absolute Gasteiger partial charge is 0.230 e. The number of ether oxygens (including phenoxy) is 1. The molecule has 3 rings (SSSR count). The average Bonchev–Trinajstić information content (AvgIpc) is 3.15. The van der Waals surface area contributed by atoms with Crippen molar-refractivity contribution in [2.75, 3.05) is 24.7 Å². The van der Waals surface area contributed by atoms with Gasteiger partial charge in [-0.1, -0.05) is 40.8 Å². The van der Waals surface area contributed by atoms with Crippen LogP contribution in [0.1, 0.15) is 32.1 Å². The van der Waals surface area contributed by atoms with Gasteiger partial charge in [-0.3, -0.25) is 4.79 Å².